The lowest BCUT2D eigenvalue weighted by Gasteiger charge is -2.30. The molecule has 2 aliphatic rings. The van der Waals surface area contributed by atoms with E-state index in [1.807, 2.05) is 6.07 Å². The van der Waals surface area contributed by atoms with E-state index >= 15 is 0 Å². The zero-order valence-corrected chi connectivity index (χ0v) is 15.4. The number of nitrogens with two attached hydrogens (primary N) is 1. The first-order chi connectivity index (χ1) is 11.0. The lowest BCUT2D eigenvalue weighted by molar-refractivity contribution is -0.131. The summed E-state index contributed by atoms with van der Waals surface area (Å²) < 4.78 is 25.0. The second kappa shape index (κ2) is 7.85. The van der Waals surface area contributed by atoms with Crippen molar-refractivity contribution in [2.45, 2.75) is 49.5 Å². The second-order valence-corrected chi connectivity index (χ2v) is 8.70. The summed E-state index contributed by atoms with van der Waals surface area (Å²) in [4.78, 5) is 14.3. The third kappa shape index (κ3) is 4.29. The summed E-state index contributed by atoms with van der Waals surface area (Å²) in [5, 5.41) is 0. The normalized spacial score (nSPS) is 20.4. The molecule has 1 saturated heterocycles. The summed E-state index contributed by atoms with van der Waals surface area (Å²) in [6.45, 7) is 1.23. The summed E-state index contributed by atoms with van der Waals surface area (Å²) in [6, 6.07) is 5.40. The van der Waals surface area contributed by atoms with Crippen LogP contribution in [-0.4, -0.2) is 44.1 Å². The Balaban J connectivity index is 0.00000208. The van der Waals surface area contributed by atoms with Gasteiger partial charge in [-0.15, -0.1) is 12.4 Å². The van der Waals surface area contributed by atoms with Crippen molar-refractivity contribution < 1.29 is 13.2 Å². The highest BCUT2D eigenvalue weighted by Gasteiger charge is 2.24. The van der Waals surface area contributed by atoms with E-state index in [0.717, 1.165) is 37.7 Å². The molecule has 1 amide bonds. The van der Waals surface area contributed by atoms with Crippen LogP contribution >= 0.6 is 12.4 Å². The topological polar surface area (TPSA) is 80.5 Å². The van der Waals surface area contributed by atoms with Crippen LogP contribution in [0.15, 0.2) is 23.1 Å². The van der Waals surface area contributed by atoms with Crippen molar-refractivity contribution in [1.82, 2.24) is 4.90 Å². The number of aryl methyl sites for hydroxylation is 2. The van der Waals surface area contributed by atoms with Crippen molar-refractivity contribution in [3.8, 4) is 0 Å². The number of amides is 1. The van der Waals surface area contributed by atoms with Crippen LogP contribution in [0.25, 0.3) is 0 Å². The maximum absolute atomic E-state index is 12.5. The van der Waals surface area contributed by atoms with Gasteiger partial charge in [-0.1, -0.05) is 6.07 Å². The third-order valence-electron chi connectivity index (χ3n) is 4.82. The number of carbonyl (C=O) groups is 1. The lowest BCUT2D eigenvalue weighted by Crippen LogP contribution is -2.46. The number of sulfone groups is 1. The van der Waals surface area contributed by atoms with Crippen LogP contribution in [0.2, 0.25) is 0 Å². The lowest BCUT2D eigenvalue weighted by atomic mass is 10.1. The molecule has 5 nitrogen and oxygen atoms in total. The molecule has 1 aromatic rings. The second-order valence-electron chi connectivity index (χ2n) is 6.60. The van der Waals surface area contributed by atoms with Crippen molar-refractivity contribution in [1.29, 1.82) is 0 Å². The maximum atomic E-state index is 12.5. The van der Waals surface area contributed by atoms with E-state index in [9.17, 15) is 13.2 Å². The maximum Gasteiger partial charge on any atom is 0.223 e. The molecule has 1 aliphatic heterocycles. The molecular weight excluding hydrogens is 348 g/mol. The third-order valence-corrected chi connectivity index (χ3v) is 6.54. The molecule has 0 aromatic heterocycles. The predicted molar refractivity (Wildman–Crippen MR) is 96.2 cm³/mol. The van der Waals surface area contributed by atoms with E-state index in [2.05, 4.69) is 0 Å². The van der Waals surface area contributed by atoms with E-state index in [-0.39, 0.29) is 36.5 Å². The fourth-order valence-electron chi connectivity index (χ4n) is 3.48. The molecule has 24 heavy (non-hydrogen) atoms. The van der Waals surface area contributed by atoms with Gasteiger partial charge < -0.3 is 10.6 Å². The summed E-state index contributed by atoms with van der Waals surface area (Å²) in [7, 11) is -3.41. The Labute approximate surface area is 149 Å². The number of fused-ring (bicyclic) bond motifs is 1. The van der Waals surface area contributed by atoms with Crippen LogP contribution < -0.4 is 5.73 Å². The molecule has 0 radical (unpaired) electrons. The Bertz CT molecular complexity index is 706. The van der Waals surface area contributed by atoms with Crippen molar-refractivity contribution in [3.05, 3.63) is 29.3 Å². The number of piperidine rings is 1. The highest BCUT2D eigenvalue weighted by molar-refractivity contribution is 7.91. The highest BCUT2D eigenvalue weighted by atomic mass is 35.5. The van der Waals surface area contributed by atoms with Crippen molar-refractivity contribution in [2.75, 3.05) is 18.8 Å². The fraction of sp³-hybridized carbons (Fsp3) is 0.588. The molecule has 1 atom stereocenters. The quantitative estimate of drug-likeness (QED) is 0.872. The van der Waals surface area contributed by atoms with Gasteiger partial charge in [0.15, 0.2) is 9.84 Å². The average Bonchev–Trinajstić information content (AvgIpc) is 3.00. The van der Waals surface area contributed by atoms with Gasteiger partial charge in [0.2, 0.25) is 5.91 Å². The molecule has 1 heterocycles. The van der Waals surface area contributed by atoms with Gasteiger partial charge in [-0.2, -0.15) is 0 Å². The summed E-state index contributed by atoms with van der Waals surface area (Å²) in [5.41, 5.74) is 8.27. The number of benzene rings is 1. The number of rotatable bonds is 4. The first-order valence-corrected chi connectivity index (χ1v) is 9.99. The predicted octanol–water partition coefficient (Wildman–Crippen LogP) is 1.71. The zero-order valence-electron chi connectivity index (χ0n) is 13.7. The van der Waals surface area contributed by atoms with Crippen LogP contribution in [0, 0.1) is 0 Å². The van der Waals surface area contributed by atoms with Gasteiger partial charge in [0.05, 0.1) is 10.6 Å². The first kappa shape index (κ1) is 19.2. The van der Waals surface area contributed by atoms with Gasteiger partial charge >= 0.3 is 0 Å². The van der Waals surface area contributed by atoms with Gasteiger partial charge in [-0.05, 0) is 55.4 Å². The molecule has 3 rings (SSSR count). The molecule has 1 aliphatic carbocycles. The number of hydrogen-bond donors (Lipinski definition) is 1. The molecule has 2 N–H and O–H groups in total. The monoisotopic (exact) mass is 372 g/mol. The SMILES string of the molecule is Cl.NC1CCCN(C(=O)CCS(=O)(=O)c2ccc3c(c2)CCC3)C1. The Morgan fingerprint density at radius 1 is 1.21 bits per heavy atom. The van der Waals surface area contributed by atoms with Crippen molar-refractivity contribution in [2.24, 2.45) is 5.73 Å². The number of nitrogens with zero attached hydrogens (tertiary/aromatic N) is 1. The van der Waals surface area contributed by atoms with Gasteiger partial charge in [-0.25, -0.2) is 8.42 Å². The van der Waals surface area contributed by atoms with Crippen molar-refractivity contribution in [3.63, 3.8) is 0 Å². The minimum atomic E-state index is -3.41. The summed E-state index contributed by atoms with van der Waals surface area (Å²) >= 11 is 0. The van der Waals surface area contributed by atoms with Gasteiger partial charge in [-0.3, -0.25) is 4.79 Å². The van der Waals surface area contributed by atoms with Gasteiger partial charge in [0.1, 0.15) is 0 Å². The van der Waals surface area contributed by atoms with E-state index in [4.69, 9.17) is 5.73 Å². The smallest absolute Gasteiger partial charge is 0.223 e. The Morgan fingerprint density at radius 2 is 1.96 bits per heavy atom. The van der Waals surface area contributed by atoms with Crippen LogP contribution in [0.4, 0.5) is 0 Å². The fourth-order valence-corrected chi connectivity index (χ4v) is 4.75. The van der Waals surface area contributed by atoms with E-state index < -0.39 is 9.84 Å². The minimum Gasteiger partial charge on any atom is -0.341 e. The highest BCUT2D eigenvalue weighted by Crippen LogP contribution is 2.25. The average molecular weight is 373 g/mol. The Kier molecular flexibility index (Phi) is 6.28. The van der Waals surface area contributed by atoms with Gasteiger partial charge in [0.25, 0.3) is 0 Å². The molecule has 1 aromatic carbocycles. The van der Waals surface area contributed by atoms with Crippen molar-refractivity contribution >= 4 is 28.2 Å². The molecule has 134 valence electrons. The Morgan fingerprint density at radius 3 is 2.71 bits per heavy atom. The van der Waals surface area contributed by atoms with E-state index in [0.29, 0.717) is 18.0 Å². The molecular formula is C17H25ClN2O3S. The molecule has 1 fully saturated rings. The molecule has 7 heteroatoms. The van der Waals surface area contributed by atoms with Crippen LogP contribution in [0.5, 0.6) is 0 Å². The number of carbonyl (C=O) groups excluding carboxylic acids is 1. The molecule has 0 bridgehead atoms. The summed E-state index contributed by atoms with van der Waals surface area (Å²) in [5.74, 6) is -0.235. The van der Waals surface area contributed by atoms with E-state index in [1.54, 1.807) is 17.0 Å². The van der Waals surface area contributed by atoms with Crippen LogP contribution in [0.3, 0.4) is 0 Å². The van der Waals surface area contributed by atoms with E-state index in [1.165, 1.54) is 5.56 Å². The summed E-state index contributed by atoms with van der Waals surface area (Å²) in [6.07, 6.45) is 4.92. The van der Waals surface area contributed by atoms with Gasteiger partial charge in [0, 0.05) is 25.6 Å². The molecule has 0 spiro atoms. The first-order valence-electron chi connectivity index (χ1n) is 8.33. The number of hydrogen-bond acceptors (Lipinski definition) is 4. The standard InChI is InChI=1S/C17H24N2O3S.ClH/c18-15-5-2-9-19(12-15)17(20)8-10-23(21,22)16-7-6-13-3-1-4-14(13)11-16;/h6-7,11,15H,1-5,8-10,12,18H2;1H. The number of likely N-dealkylation sites (tertiary alicyclic amines) is 1. The minimum absolute atomic E-state index is 0. The van der Waals surface area contributed by atoms with Crippen LogP contribution in [0.1, 0.15) is 36.8 Å². The molecule has 0 saturated carbocycles. The zero-order chi connectivity index (χ0) is 16.4. The van der Waals surface area contributed by atoms with Crippen LogP contribution in [-0.2, 0) is 27.5 Å². The Hall–Kier alpha value is -1.11. The largest absolute Gasteiger partial charge is 0.341 e. The molecule has 1 unspecified atom stereocenters. The number of halogens is 1.